The summed E-state index contributed by atoms with van der Waals surface area (Å²) < 4.78 is 0. The van der Waals surface area contributed by atoms with Gasteiger partial charge < -0.3 is 0 Å². The van der Waals surface area contributed by atoms with Crippen LogP contribution in [0.1, 0.15) is 55.5 Å². The molecule has 0 aliphatic heterocycles. The Bertz CT molecular complexity index is 1450. The van der Waals surface area contributed by atoms with Gasteiger partial charge in [-0.2, -0.15) is 0 Å². The van der Waals surface area contributed by atoms with Gasteiger partial charge in [0, 0.05) is 5.04 Å². The largest absolute Gasteiger partial charge is 0.117 e. The van der Waals surface area contributed by atoms with Crippen molar-refractivity contribution in [2.75, 3.05) is 0 Å². The van der Waals surface area contributed by atoms with Crippen LogP contribution in [0, 0.1) is 27.7 Å². The van der Waals surface area contributed by atoms with E-state index in [0.717, 1.165) is 0 Å². The zero-order valence-corrected chi connectivity index (χ0v) is 30.9. The third-order valence-electron chi connectivity index (χ3n) is 9.48. The molecule has 1 atom stereocenters. The Labute approximate surface area is 249 Å². The number of allylic oxidation sites excluding steroid dienone is 4. The highest BCUT2D eigenvalue weighted by molar-refractivity contribution is 6.93. The molecule has 0 aromatic heterocycles. The van der Waals surface area contributed by atoms with Crippen molar-refractivity contribution in [3.8, 4) is 0 Å². The average Bonchev–Trinajstić information content (AvgIpc) is 2.97. The lowest BCUT2D eigenvalue weighted by atomic mass is 9.89. The van der Waals surface area contributed by atoms with Crippen LogP contribution in [0.5, 0.6) is 0 Å². The third kappa shape index (κ3) is 5.62. The summed E-state index contributed by atoms with van der Waals surface area (Å²) >= 11 is 0. The maximum absolute atomic E-state index is 2.65. The Morgan fingerprint density at radius 2 is 0.900 bits per heavy atom. The smallest absolute Gasteiger partial charge is 0.0656 e. The van der Waals surface area contributed by atoms with Crippen LogP contribution < -0.4 is 20.7 Å². The van der Waals surface area contributed by atoms with Crippen LogP contribution in [-0.4, -0.2) is 24.9 Å². The topological polar surface area (TPSA) is 0 Å². The Morgan fingerprint density at radius 1 is 0.500 bits per heavy atom. The Morgan fingerprint density at radius 3 is 1.30 bits per heavy atom. The van der Waals surface area contributed by atoms with Gasteiger partial charge in [0.05, 0.1) is 16.1 Å². The molecule has 0 saturated heterocycles. The maximum atomic E-state index is 2.65. The number of benzene rings is 3. The molecule has 4 rings (SSSR count). The molecular weight excluding hydrogens is 529 g/mol. The summed E-state index contributed by atoms with van der Waals surface area (Å²) in [4.78, 5) is 0. The standard InChI is InChI=1S/C37H52Si3/c1-24-15-25(2)17-31(16-24)36-29(6)28(5)30(7)37(36,8)38(32-18-26(3)20-34(22-32)39(9,10)11)33-19-27(4)21-35(23-33)40(12,13)14/h15-23,38H,1-14H3. The van der Waals surface area contributed by atoms with E-state index in [9.17, 15) is 0 Å². The molecule has 0 spiro atoms. The summed E-state index contributed by atoms with van der Waals surface area (Å²) in [6.07, 6.45) is 0. The fourth-order valence-corrected chi connectivity index (χ4v) is 14.6. The molecule has 0 bridgehead atoms. The van der Waals surface area contributed by atoms with Gasteiger partial charge in [-0.15, -0.1) is 0 Å². The molecule has 212 valence electrons. The molecule has 3 aromatic rings. The van der Waals surface area contributed by atoms with Crippen LogP contribution in [0.25, 0.3) is 5.57 Å². The Kier molecular flexibility index (Phi) is 8.12. The fraction of sp³-hybridized carbons (Fsp3) is 0.405. The number of hydrogen-bond acceptors (Lipinski definition) is 0. The molecule has 0 N–H and O–H groups in total. The molecule has 1 aliphatic rings. The summed E-state index contributed by atoms with van der Waals surface area (Å²) in [6.45, 7) is 33.9. The van der Waals surface area contributed by atoms with Gasteiger partial charge in [-0.25, -0.2) is 0 Å². The van der Waals surface area contributed by atoms with Crippen LogP contribution >= 0.6 is 0 Å². The van der Waals surface area contributed by atoms with E-state index in [1.54, 1.807) is 31.9 Å². The Hall–Kier alpha value is -2.21. The first-order valence-corrected chi connectivity index (χ1v) is 23.8. The number of rotatable bonds is 6. The zero-order chi connectivity index (χ0) is 29.9. The van der Waals surface area contributed by atoms with E-state index in [1.165, 1.54) is 39.0 Å². The highest BCUT2D eigenvalue weighted by Gasteiger charge is 2.48. The third-order valence-corrected chi connectivity index (χ3v) is 17.4. The van der Waals surface area contributed by atoms with Crippen molar-refractivity contribution in [2.24, 2.45) is 0 Å². The molecule has 0 amide bonds. The maximum Gasteiger partial charge on any atom is 0.117 e. The Balaban J connectivity index is 2.14. The first kappa shape index (κ1) is 30.7. The minimum absolute atomic E-state index is 0.0244. The molecule has 40 heavy (non-hydrogen) atoms. The fourth-order valence-electron chi connectivity index (χ4n) is 7.12. The molecule has 0 nitrogen and oxygen atoms in total. The van der Waals surface area contributed by atoms with Gasteiger partial charge in [0.15, 0.2) is 0 Å². The molecule has 3 aromatic carbocycles. The van der Waals surface area contributed by atoms with Crippen LogP contribution in [0.3, 0.4) is 0 Å². The molecule has 3 heteroatoms. The van der Waals surface area contributed by atoms with Crippen molar-refractivity contribution in [1.82, 2.24) is 0 Å². The summed E-state index contributed by atoms with van der Waals surface area (Å²) in [5, 5.41) is 6.37. The van der Waals surface area contributed by atoms with E-state index in [1.807, 2.05) is 0 Å². The molecular formula is C37H52Si3. The van der Waals surface area contributed by atoms with Crippen molar-refractivity contribution in [3.05, 3.63) is 99.1 Å². The van der Waals surface area contributed by atoms with Gasteiger partial charge in [0.1, 0.15) is 8.80 Å². The summed E-state index contributed by atoms with van der Waals surface area (Å²) in [5.74, 6) is 0. The van der Waals surface area contributed by atoms with Crippen molar-refractivity contribution >= 4 is 51.3 Å². The summed E-state index contributed by atoms with van der Waals surface area (Å²) in [5.41, 5.74) is 13.1. The van der Waals surface area contributed by atoms with Gasteiger partial charge in [0.2, 0.25) is 0 Å². The predicted molar refractivity (Wildman–Crippen MR) is 190 cm³/mol. The highest BCUT2D eigenvalue weighted by atomic mass is 28.3. The zero-order valence-electron chi connectivity index (χ0n) is 27.8. The normalized spacial score (nSPS) is 18.4. The minimum atomic E-state index is -1.84. The number of aryl methyl sites for hydroxylation is 4. The summed E-state index contributed by atoms with van der Waals surface area (Å²) in [6, 6.07) is 22.5. The van der Waals surface area contributed by atoms with E-state index in [-0.39, 0.29) is 5.04 Å². The van der Waals surface area contributed by atoms with Crippen LogP contribution in [-0.2, 0) is 0 Å². The van der Waals surface area contributed by atoms with Crippen LogP contribution in [0.4, 0.5) is 0 Å². The van der Waals surface area contributed by atoms with Gasteiger partial charge in [-0.1, -0.05) is 149 Å². The van der Waals surface area contributed by atoms with E-state index >= 15 is 0 Å². The average molecular weight is 581 g/mol. The monoisotopic (exact) mass is 580 g/mol. The molecule has 1 aliphatic carbocycles. The molecule has 0 saturated carbocycles. The second-order valence-electron chi connectivity index (χ2n) is 15.0. The molecule has 0 heterocycles. The van der Waals surface area contributed by atoms with Crippen LogP contribution in [0.15, 0.2) is 71.3 Å². The lowest BCUT2D eigenvalue weighted by Gasteiger charge is -2.40. The second-order valence-corrected chi connectivity index (χ2v) is 28.5. The quantitative estimate of drug-likeness (QED) is 0.260. The van der Waals surface area contributed by atoms with Crippen LogP contribution in [0.2, 0.25) is 44.3 Å². The van der Waals surface area contributed by atoms with E-state index in [4.69, 9.17) is 0 Å². The first-order valence-electron chi connectivity index (χ1n) is 15.1. The number of hydrogen-bond donors (Lipinski definition) is 0. The van der Waals surface area contributed by atoms with E-state index in [2.05, 4.69) is 149 Å². The first-order chi connectivity index (χ1) is 18.3. The summed E-state index contributed by atoms with van der Waals surface area (Å²) in [7, 11) is -4.83. The van der Waals surface area contributed by atoms with Crippen molar-refractivity contribution in [3.63, 3.8) is 0 Å². The molecule has 1 unspecified atom stereocenters. The minimum Gasteiger partial charge on any atom is -0.0656 e. The van der Waals surface area contributed by atoms with Crippen molar-refractivity contribution < 1.29 is 0 Å². The molecule has 0 radical (unpaired) electrons. The molecule has 0 fully saturated rings. The SMILES string of the molecule is CC1=C(C)C(C)([SiH](c2cc(C)cc([Si](C)(C)C)c2)c2cc(C)cc([Si](C)(C)C)c2)C(c2cc(C)cc(C)c2)=C1C. The highest BCUT2D eigenvalue weighted by Crippen LogP contribution is 2.58. The van der Waals surface area contributed by atoms with Crippen molar-refractivity contribution in [1.29, 1.82) is 0 Å². The second kappa shape index (κ2) is 10.6. The van der Waals surface area contributed by atoms with Gasteiger partial charge in [-0.05, 0) is 70.7 Å². The van der Waals surface area contributed by atoms with Crippen molar-refractivity contribution in [2.45, 2.75) is 99.7 Å². The predicted octanol–water partition coefficient (Wildman–Crippen LogP) is 7.94. The van der Waals surface area contributed by atoms with E-state index < -0.39 is 24.9 Å². The van der Waals surface area contributed by atoms with Gasteiger partial charge in [-0.3, -0.25) is 0 Å². The van der Waals surface area contributed by atoms with E-state index in [0.29, 0.717) is 0 Å². The lowest BCUT2D eigenvalue weighted by molar-refractivity contribution is 0.901. The van der Waals surface area contributed by atoms with Gasteiger partial charge in [0.25, 0.3) is 0 Å². The van der Waals surface area contributed by atoms with Gasteiger partial charge >= 0.3 is 0 Å². The lowest BCUT2D eigenvalue weighted by Crippen LogP contribution is -2.55.